The van der Waals surface area contributed by atoms with Gasteiger partial charge in [0.05, 0.1) is 17.8 Å². The van der Waals surface area contributed by atoms with Crippen LogP contribution in [0.2, 0.25) is 5.02 Å². The van der Waals surface area contributed by atoms with Gasteiger partial charge in [0, 0.05) is 28.7 Å². The summed E-state index contributed by atoms with van der Waals surface area (Å²) in [6.07, 6.45) is 3.42. The third kappa shape index (κ3) is 2.77. The highest BCUT2D eigenvalue weighted by atomic mass is 35.5. The molecule has 8 heteroatoms. The second-order valence-electron chi connectivity index (χ2n) is 6.15. The van der Waals surface area contributed by atoms with E-state index in [-0.39, 0.29) is 5.82 Å². The van der Waals surface area contributed by atoms with Crippen molar-refractivity contribution < 1.29 is 9.18 Å². The van der Waals surface area contributed by atoms with E-state index in [1.165, 1.54) is 23.5 Å². The maximum atomic E-state index is 13.2. The van der Waals surface area contributed by atoms with E-state index in [2.05, 4.69) is 10.4 Å². The molecule has 26 heavy (non-hydrogen) atoms. The molecule has 5 nitrogen and oxygen atoms in total. The van der Waals surface area contributed by atoms with Crippen LogP contribution in [0.1, 0.15) is 27.2 Å². The lowest BCUT2D eigenvalue weighted by Gasteiger charge is -2.11. The van der Waals surface area contributed by atoms with Crippen molar-refractivity contribution in [3.05, 3.63) is 57.6 Å². The zero-order valence-electron chi connectivity index (χ0n) is 14.0. The normalized spacial score (nSPS) is 12.6. The number of carbonyl (C=O) groups excluding carboxylic acids is 1. The van der Waals surface area contributed by atoms with Gasteiger partial charge in [0.2, 0.25) is 0 Å². The Morgan fingerprint density at radius 2 is 2.27 bits per heavy atom. The first kappa shape index (κ1) is 17.1. The Hall–Kier alpha value is -2.38. The first-order valence-electron chi connectivity index (χ1n) is 8.11. The van der Waals surface area contributed by atoms with Crippen LogP contribution in [-0.2, 0) is 19.4 Å². The summed E-state index contributed by atoms with van der Waals surface area (Å²) in [6, 6.07) is 4.36. The van der Waals surface area contributed by atoms with E-state index >= 15 is 0 Å². The van der Waals surface area contributed by atoms with Crippen LogP contribution in [-0.4, -0.2) is 22.7 Å². The number of thiophene rings is 1. The van der Waals surface area contributed by atoms with E-state index in [0.29, 0.717) is 17.1 Å². The summed E-state index contributed by atoms with van der Waals surface area (Å²) >= 11 is 7.64. The van der Waals surface area contributed by atoms with Crippen molar-refractivity contribution in [1.82, 2.24) is 9.78 Å². The second kappa shape index (κ2) is 6.41. The van der Waals surface area contributed by atoms with Gasteiger partial charge < -0.3 is 11.1 Å². The molecule has 3 N–H and O–H groups in total. The number of hydrogen-bond acceptors (Lipinski definition) is 4. The number of nitrogens with one attached hydrogen (secondary N) is 1. The fourth-order valence-electron chi connectivity index (χ4n) is 3.34. The number of amides is 1. The number of hydrogen-bond donors (Lipinski definition) is 2. The molecular formula is C18H16ClFN4OS. The second-order valence-corrected chi connectivity index (χ2v) is 7.58. The zero-order chi connectivity index (χ0) is 18.4. The maximum absolute atomic E-state index is 13.2. The highest BCUT2D eigenvalue weighted by Crippen LogP contribution is 2.44. The Kier molecular flexibility index (Phi) is 4.20. The summed E-state index contributed by atoms with van der Waals surface area (Å²) in [4.78, 5) is 12.9. The van der Waals surface area contributed by atoms with Gasteiger partial charge in [-0.3, -0.25) is 9.48 Å². The highest BCUT2D eigenvalue weighted by molar-refractivity contribution is 7.20. The molecule has 1 aliphatic rings. The molecular weight excluding hydrogens is 375 g/mol. The van der Waals surface area contributed by atoms with Gasteiger partial charge in [-0.1, -0.05) is 17.7 Å². The van der Waals surface area contributed by atoms with Crippen molar-refractivity contribution in [3.8, 4) is 10.4 Å². The molecule has 134 valence electrons. The molecule has 0 spiro atoms. The molecule has 0 fully saturated rings. The summed E-state index contributed by atoms with van der Waals surface area (Å²) in [7, 11) is 1.78. The molecule has 4 rings (SSSR count). The summed E-state index contributed by atoms with van der Waals surface area (Å²) < 4.78 is 15.0. The average molecular weight is 391 g/mol. The molecule has 0 bridgehead atoms. The van der Waals surface area contributed by atoms with Crippen molar-refractivity contribution in [1.29, 1.82) is 0 Å². The van der Waals surface area contributed by atoms with Gasteiger partial charge in [0.1, 0.15) is 10.8 Å². The van der Waals surface area contributed by atoms with Crippen molar-refractivity contribution in [2.45, 2.75) is 19.4 Å². The van der Waals surface area contributed by atoms with Crippen molar-refractivity contribution >= 4 is 33.8 Å². The van der Waals surface area contributed by atoms with E-state index in [9.17, 15) is 9.18 Å². The van der Waals surface area contributed by atoms with Crippen LogP contribution in [0.15, 0.2) is 24.4 Å². The van der Waals surface area contributed by atoms with E-state index in [4.69, 9.17) is 17.3 Å². The minimum absolute atomic E-state index is 0.361. The van der Waals surface area contributed by atoms with Crippen molar-refractivity contribution in [3.63, 3.8) is 0 Å². The first-order valence-corrected chi connectivity index (χ1v) is 9.31. The number of nitrogens with two attached hydrogens (primary N) is 1. The van der Waals surface area contributed by atoms with Crippen LogP contribution in [0.25, 0.3) is 10.4 Å². The predicted octanol–water partition coefficient (Wildman–Crippen LogP) is 3.69. The number of rotatable bonds is 4. The third-order valence-electron chi connectivity index (χ3n) is 4.52. The van der Waals surface area contributed by atoms with Crippen LogP contribution in [0.4, 0.5) is 9.39 Å². The van der Waals surface area contributed by atoms with E-state index in [1.54, 1.807) is 13.1 Å². The van der Waals surface area contributed by atoms with Gasteiger partial charge in [-0.15, -0.1) is 11.3 Å². The molecule has 2 aromatic heterocycles. The van der Waals surface area contributed by atoms with E-state index in [1.807, 2.05) is 10.9 Å². The van der Waals surface area contributed by atoms with Gasteiger partial charge in [-0.05, 0) is 36.1 Å². The first-order chi connectivity index (χ1) is 12.5. The largest absolute Gasteiger partial charge is 0.379 e. The fraction of sp³-hybridized carbons (Fsp3) is 0.222. The van der Waals surface area contributed by atoms with Crippen LogP contribution >= 0.6 is 22.9 Å². The average Bonchev–Trinajstić information content (AvgIpc) is 3.17. The molecule has 1 aromatic carbocycles. The van der Waals surface area contributed by atoms with Crippen LogP contribution < -0.4 is 11.1 Å². The molecule has 0 saturated carbocycles. The number of aromatic nitrogens is 2. The number of aryl methyl sites for hydroxylation is 1. The number of halogens is 2. The standard InChI is InChI=1S/C18H16ClFN4OS/c1-22-18-15(17(21)25)11-4-5-14-12(16(11)26-18)8-24(23-14)7-9-2-3-10(20)6-13(9)19/h2-3,6,8,22H,4-5,7H2,1H3,(H2,21,25). The fourth-order valence-corrected chi connectivity index (χ4v) is 4.81. The minimum Gasteiger partial charge on any atom is -0.379 e. The third-order valence-corrected chi connectivity index (χ3v) is 6.16. The maximum Gasteiger partial charge on any atom is 0.251 e. The van der Waals surface area contributed by atoms with Crippen LogP contribution in [0.5, 0.6) is 0 Å². The lowest BCUT2D eigenvalue weighted by molar-refractivity contribution is 0.100. The summed E-state index contributed by atoms with van der Waals surface area (Å²) in [5, 5.41) is 8.87. The SMILES string of the molecule is CNc1sc2c(c1C(N)=O)CCc1nn(Cc3ccc(F)cc3Cl)cc1-2. The smallest absolute Gasteiger partial charge is 0.251 e. The van der Waals surface area contributed by atoms with Crippen LogP contribution in [0.3, 0.4) is 0 Å². The Balaban J connectivity index is 1.74. The molecule has 0 aliphatic heterocycles. The molecule has 0 saturated heterocycles. The topological polar surface area (TPSA) is 72.9 Å². The summed E-state index contributed by atoms with van der Waals surface area (Å²) in [5.41, 5.74) is 9.93. The lowest BCUT2D eigenvalue weighted by atomic mass is 9.94. The van der Waals surface area contributed by atoms with Gasteiger partial charge in [0.15, 0.2) is 0 Å². The Labute approximate surface area is 158 Å². The number of anilines is 1. The van der Waals surface area contributed by atoms with Gasteiger partial charge in [-0.25, -0.2) is 4.39 Å². The number of benzene rings is 1. The number of nitrogens with zero attached hydrogens (tertiary/aromatic N) is 2. The van der Waals surface area contributed by atoms with Gasteiger partial charge >= 0.3 is 0 Å². The quantitative estimate of drug-likeness (QED) is 0.713. The Morgan fingerprint density at radius 1 is 1.46 bits per heavy atom. The Bertz CT molecular complexity index is 1030. The lowest BCUT2D eigenvalue weighted by Crippen LogP contribution is -2.15. The number of carbonyl (C=O) groups is 1. The molecule has 0 radical (unpaired) electrons. The molecule has 2 heterocycles. The van der Waals surface area contributed by atoms with E-state index < -0.39 is 5.91 Å². The number of fused-ring (bicyclic) bond motifs is 3. The number of primary amides is 1. The molecule has 0 unspecified atom stereocenters. The highest BCUT2D eigenvalue weighted by Gasteiger charge is 2.28. The van der Waals surface area contributed by atoms with Crippen LogP contribution in [0, 0.1) is 5.82 Å². The monoisotopic (exact) mass is 390 g/mol. The molecule has 0 atom stereocenters. The Morgan fingerprint density at radius 3 is 2.96 bits per heavy atom. The summed E-state index contributed by atoms with van der Waals surface area (Å²) in [6.45, 7) is 0.453. The zero-order valence-corrected chi connectivity index (χ0v) is 15.5. The summed E-state index contributed by atoms with van der Waals surface area (Å²) in [5.74, 6) is -0.777. The van der Waals surface area contributed by atoms with Gasteiger partial charge in [0.25, 0.3) is 5.91 Å². The van der Waals surface area contributed by atoms with Crippen molar-refractivity contribution in [2.24, 2.45) is 5.73 Å². The molecule has 1 aliphatic carbocycles. The predicted molar refractivity (Wildman–Crippen MR) is 102 cm³/mol. The van der Waals surface area contributed by atoms with E-state index in [0.717, 1.165) is 45.1 Å². The minimum atomic E-state index is -0.416. The molecule has 3 aromatic rings. The van der Waals surface area contributed by atoms with Gasteiger partial charge in [-0.2, -0.15) is 5.10 Å². The van der Waals surface area contributed by atoms with Crippen molar-refractivity contribution in [2.75, 3.05) is 12.4 Å². The molecule has 1 amide bonds.